The van der Waals surface area contributed by atoms with E-state index in [1.807, 2.05) is 6.07 Å². The van der Waals surface area contributed by atoms with Gasteiger partial charge in [0.25, 0.3) is 0 Å². The molecule has 0 saturated carbocycles. The van der Waals surface area contributed by atoms with Gasteiger partial charge in [0.15, 0.2) is 0 Å². The van der Waals surface area contributed by atoms with Gasteiger partial charge >= 0.3 is 6.18 Å². The Morgan fingerprint density at radius 1 is 1.00 bits per heavy atom. The Morgan fingerprint density at radius 3 is 2.35 bits per heavy atom. The molecule has 0 aliphatic heterocycles. The summed E-state index contributed by atoms with van der Waals surface area (Å²) in [4.78, 5) is 0. The van der Waals surface area contributed by atoms with Crippen LogP contribution in [0.3, 0.4) is 0 Å². The van der Waals surface area contributed by atoms with Gasteiger partial charge in [-0.25, -0.2) is 0 Å². The maximum atomic E-state index is 12.5. The van der Waals surface area contributed by atoms with Gasteiger partial charge in [0.1, 0.15) is 0 Å². The monoisotopic (exact) mass is 347 g/mol. The lowest BCUT2D eigenvalue weighted by atomic mass is 10.0. The van der Waals surface area contributed by atoms with E-state index in [4.69, 9.17) is 0 Å². The Morgan fingerprint density at radius 2 is 1.76 bits per heavy atom. The van der Waals surface area contributed by atoms with Crippen LogP contribution >= 0.6 is 22.6 Å². The largest absolute Gasteiger partial charge is 0.416 e. The van der Waals surface area contributed by atoms with Crippen molar-refractivity contribution in [3.8, 4) is 11.1 Å². The van der Waals surface area contributed by atoms with E-state index in [0.717, 1.165) is 21.3 Å². The summed E-state index contributed by atoms with van der Waals surface area (Å²) in [5.41, 5.74) is 0.651. The van der Waals surface area contributed by atoms with Crippen LogP contribution in [0.5, 0.6) is 0 Å². The Labute approximate surface area is 111 Å². The number of benzene rings is 2. The number of halogens is 4. The number of alkyl halides is 3. The molecule has 0 bridgehead atoms. The van der Waals surface area contributed by atoms with Crippen molar-refractivity contribution in [1.82, 2.24) is 0 Å². The molecule has 0 aliphatic rings. The lowest BCUT2D eigenvalue weighted by molar-refractivity contribution is -0.137. The zero-order chi connectivity index (χ0) is 12.5. The van der Waals surface area contributed by atoms with Crippen LogP contribution in [0.15, 0.2) is 42.5 Å². The van der Waals surface area contributed by atoms with E-state index in [-0.39, 0.29) is 0 Å². The summed E-state index contributed by atoms with van der Waals surface area (Å²) >= 11 is 2.10. The smallest absolute Gasteiger partial charge is 0.166 e. The van der Waals surface area contributed by atoms with Gasteiger partial charge in [0, 0.05) is 3.57 Å². The van der Waals surface area contributed by atoms with Crippen LogP contribution in [0.4, 0.5) is 13.2 Å². The van der Waals surface area contributed by atoms with Gasteiger partial charge in [0.05, 0.1) is 5.56 Å². The van der Waals surface area contributed by atoms with Gasteiger partial charge in [-0.1, -0.05) is 18.2 Å². The van der Waals surface area contributed by atoms with Gasteiger partial charge in [-0.15, -0.1) is 0 Å². The maximum Gasteiger partial charge on any atom is 0.416 e. The van der Waals surface area contributed by atoms with Crippen molar-refractivity contribution in [2.45, 2.75) is 6.18 Å². The highest BCUT2D eigenvalue weighted by molar-refractivity contribution is 14.1. The molecule has 0 aromatic heterocycles. The van der Waals surface area contributed by atoms with E-state index in [2.05, 4.69) is 28.7 Å². The fraction of sp³-hybridized carbons (Fsp3) is 0.0769. The highest BCUT2D eigenvalue weighted by Crippen LogP contribution is 2.32. The van der Waals surface area contributed by atoms with Crippen LogP contribution in [0, 0.1) is 9.64 Å². The van der Waals surface area contributed by atoms with Crippen LogP contribution in [-0.2, 0) is 6.18 Å². The average Bonchev–Trinajstić information content (AvgIpc) is 2.29. The average molecular weight is 347 g/mol. The van der Waals surface area contributed by atoms with Gasteiger partial charge < -0.3 is 0 Å². The molecular weight excluding hydrogens is 340 g/mol. The zero-order valence-electron chi connectivity index (χ0n) is 8.55. The summed E-state index contributed by atoms with van der Waals surface area (Å²) in [5, 5.41) is 0. The van der Waals surface area contributed by atoms with E-state index in [1.54, 1.807) is 18.2 Å². The Hall–Kier alpha value is -1.04. The van der Waals surface area contributed by atoms with E-state index in [9.17, 15) is 13.2 Å². The van der Waals surface area contributed by atoms with E-state index in [1.165, 1.54) is 6.07 Å². The maximum absolute atomic E-state index is 12.5. The number of hydrogen-bond donors (Lipinski definition) is 0. The highest BCUT2D eigenvalue weighted by Gasteiger charge is 2.30. The van der Waals surface area contributed by atoms with Gasteiger partial charge in [-0.05, 0) is 64.0 Å². The predicted octanol–water partition coefficient (Wildman–Crippen LogP) is 4.78. The first kappa shape index (κ1) is 12.4. The minimum Gasteiger partial charge on any atom is -0.166 e. The number of hydrogen-bond acceptors (Lipinski definition) is 0. The molecule has 0 atom stereocenters. The summed E-state index contributed by atoms with van der Waals surface area (Å²) in [6.45, 7) is 0. The quantitative estimate of drug-likeness (QED) is 0.652. The molecule has 0 heterocycles. The molecule has 0 fully saturated rings. The molecule has 0 N–H and O–H groups in total. The summed E-state index contributed by atoms with van der Waals surface area (Å²) < 4.78 is 38.5. The minimum absolute atomic E-state index is 0.549. The summed E-state index contributed by atoms with van der Waals surface area (Å²) in [7, 11) is 0. The third-order valence-electron chi connectivity index (χ3n) is 2.30. The number of rotatable bonds is 1. The topological polar surface area (TPSA) is 0 Å². The van der Waals surface area contributed by atoms with Crippen molar-refractivity contribution in [2.24, 2.45) is 0 Å². The fourth-order valence-electron chi connectivity index (χ4n) is 1.46. The fourth-order valence-corrected chi connectivity index (χ4v) is 1.80. The Kier molecular flexibility index (Phi) is 3.42. The molecule has 2 rings (SSSR count). The summed E-state index contributed by atoms with van der Waals surface area (Å²) in [6, 6.07) is 13.5. The first-order valence-electron chi connectivity index (χ1n) is 4.82. The van der Waals surface area contributed by atoms with Crippen LogP contribution in [-0.4, -0.2) is 0 Å². The molecular formula is C13H7F3I. The van der Waals surface area contributed by atoms with Crippen LogP contribution in [0.25, 0.3) is 11.1 Å². The predicted molar refractivity (Wildman–Crippen MR) is 68.4 cm³/mol. The Balaban J connectivity index is 2.43. The molecule has 4 heteroatoms. The highest BCUT2D eigenvalue weighted by atomic mass is 127. The summed E-state index contributed by atoms with van der Waals surface area (Å²) in [5.74, 6) is 0. The lowest BCUT2D eigenvalue weighted by Gasteiger charge is -2.08. The molecule has 0 unspecified atom stereocenters. The minimum atomic E-state index is -4.30. The first-order chi connectivity index (χ1) is 7.97. The Bertz CT molecular complexity index is 515. The van der Waals surface area contributed by atoms with Gasteiger partial charge in [-0.3, -0.25) is 0 Å². The first-order valence-corrected chi connectivity index (χ1v) is 5.89. The molecule has 1 radical (unpaired) electrons. The van der Waals surface area contributed by atoms with Gasteiger partial charge in [0.2, 0.25) is 0 Å². The molecule has 0 nitrogen and oxygen atoms in total. The summed E-state index contributed by atoms with van der Waals surface area (Å²) in [6.07, 6.45) is -4.30. The molecule has 0 amide bonds. The van der Waals surface area contributed by atoms with Crippen molar-refractivity contribution < 1.29 is 13.2 Å². The molecule has 0 aliphatic carbocycles. The van der Waals surface area contributed by atoms with Gasteiger partial charge in [-0.2, -0.15) is 13.2 Å². The standard InChI is InChI=1S/C13H7F3I/c14-13(15,16)11-3-1-2-10(8-11)9-4-6-12(17)7-5-9/h1-6,8H. The lowest BCUT2D eigenvalue weighted by Crippen LogP contribution is -2.04. The normalized spacial score (nSPS) is 11.5. The second kappa shape index (κ2) is 4.68. The van der Waals surface area contributed by atoms with Crippen molar-refractivity contribution in [1.29, 1.82) is 0 Å². The van der Waals surface area contributed by atoms with E-state index >= 15 is 0 Å². The SMILES string of the molecule is FC(F)(F)c1cccc(-c2c[c]c(I)cc2)c1. The van der Waals surface area contributed by atoms with E-state index in [0.29, 0.717) is 5.56 Å². The zero-order valence-corrected chi connectivity index (χ0v) is 10.7. The van der Waals surface area contributed by atoms with Crippen molar-refractivity contribution in [2.75, 3.05) is 0 Å². The van der Waals surface area contributed by atoms with Crippen molar-refractivity contribution >= 4 is 22.6 Å². The second-order valence-corrected chi connectivity index (χ2v) is 4.67. The molecule has 0 saturated heterocycles. The van der Waals surface area contributed by atoms with E-state index < -0.39 is 11.7 Å². The van der Waals surface area contributed by atoms with Crippen LogP contribution in [0.2, 0.25) is 0 Å². The second-order valence-electron chi connectivity index (χ2n) is 3.50. The van der Waals surface area contributed by atoms with Crippen molar-refractivity contribution in [3.05, 3.63) is 57.7 Å². The van der Waals surface area contributed by atoms with Crippen LogP contribution in [0.1, 0.15) is 5.56 Å². The molecule has 17 heavy (non-hydrogen) atoms. The third-order valence-corrected chi connectivity index (χ3v) is 2.97. The van der Waals surface area contributed by atoms with Crippen LogP contribution < -0.4 is 0 Å². The third kappa shape index (κ3) is 3.00. The molecule has 2 aromatic rings. The molecule has 2 aromatic carbocycles. The van der Waals surface area contributed by atoms with Crippen molar-refractivity contribution in [3.63, 3.8) is 0 Å². The molecule has 87 valence electrons. The molecule has 0 spiro atoms.